The van der Waals surface area contributed by atoms with E-state index in [4.69, 9.17) is 11.6 Å². The van der Waals surface area contributed by atoms with Crippen LogP contribution in [0.4, 0.5) is 0 Å². The summed E-state index contributed by atoms with van der Waals surface area (Å²) < 4.78 is 0. The van der Waals surface area contributed by atoms with E-state index < -0.39 is 5.54 Å². The van der Waals surface area contributed by atoms with Crippen LogP contribution in [0.5, 0.6) is 0 Å². The van der Waals surface area contributed by atoms with Crippen molar-refractivity contribution in [1.29, 1.82) is 0 Å². The molecule has 4 heteroatoms. The minimum atomic E-state index is -0.560. The SMILES string of the molecule is CNC(C)(C)C(=O)N(C)C(C)c1ccc(Cl)cc1. The van der Waals surface area contributed by atoms with Crippen LogP contribution >= 0.6 is 11.6 Å². The molecule has 1 rings (SSSR count). The second kappa shape index (κ2) is 5.72. The Balaban J connectivity index is 2.87. The van der Waals surface area contributed by atoms with Crippen LogP contribution in [-0.4, -0.2) is 30.4 Å². The number of hydrogen-bond donors (Lipinski definition) is 1. The van der Waals surface area contributed by atoms with Crippen molar-refractivity contribution >= 4 is 17.5 Å². The number of likely N-dealkylation sites (N-methyl/N-ethyl adjacent to an activating group) is 2. The van der Waals surface area contributed by atoms with Crippen LogP contribution in [0.25, 0.3) is 0 Å². The molecule has 3 nitrogen and oxygen atoms in total. The fraction of sp³-hybridized carbons (Fsp3) is 0.500. The molecule has 0 aromatic heterocycles. The summed E-state index contributed by atoms with van der Waals surface area (Å²) in [5, 5.41) is 3.73. The third-order valence-electron chi connectivity index (χ3n) is 3.41. The lowest BCUT2D eigenvalue weighted by Gasteiger charge is -2.33. The summed E-state index contributed by atoms with van der Waals surface area (Å²) >= 11 is 5.86. The molecule has 0 aliphatic carbocycles. The zero-order chi connectivity index (χ0) is 13.9. The maximum atomic E-state index is 12.3. The molecule has 1 atom stereocenters. The van der Waals surface area contributed by atoms with Gasteiger partial charge in [0.1, 0.15) is 0 Å². The highest BCUT2D eigenvalue weighted by molar-refractivity contribution is 6.30. The number of rotatable bonds is 4. The van der Waals surface area contributed by atoms with Crippen LogP contribution in [0.2, 0.25) is 5.02 Å². The molecule has 100 valence electrons. The van der Waals surface area contributed by atoms with Crippen molar-refractivity contribution < 1.29 is 4.79 Å². The molecule has 0 saturated carbocycles. The van der Waals surface area contributed by atoms with Gasteiger partial charge in [0.2, 0.25) is 5.91 Å². The number of benzene rings is 1. The maximum Gasteiger partial charge on any atom is 0.242 e. The molecule has 0 heterocycles. The third-order valence-corrected chi connectivity index (χ3v) is 3.67. The van der Waals surface area contributed by atoms with Crippen molar-refractivity contribution in [2.45, 2.75) is 32.4 Å². The molecule has 0 fully saturated rings. The van der Waals surface area contributed by atoms with Gasteiger partial charge in [0.15, 0.2) is 0 Å². The van der Waals surface area contributed by atoms with E-state index in [0.29, 0.717) is 5.02 Å². The molecule has 0 radical (unpaired) electrons. The molecule has 1 unspecified atom stereocenters. The molecule has 0 saturated heterocycles. The van der Waals surface area contributed by atoms with Gasteiger partial charge >= 0.3 is 0 Å². The monoisotopic (exact) mass is 268 g/mol. The molecule has 1 N–H and O–H groups in total. The Hall–Kier alpha value is -1.06. The molecule has 18 heavy (non-hydrogen) atoms. The minimum Gasteiger partial charge on any atom is -0.337 e. The Morgan fingerprint density at radius 3 is 2.28 bits per heavy atom. The maximum absolute atomic E-state index is 12.3. The molecule has 0 aliphatic heterocycles. The summed E-state index contributed by atoms with van der Waals surface area (Å²) in [5.74, 6) is 0.0625. The second-order valence-corrected chi connectivity index (χ2v) is 5.46. The quantitative estimate of drug-likeness (QED) is 0.911. The Morgan fingerprint density at radius 2 is 1.83 bits per heavy atom. The number of nitrogens with zero attached hydrogens (tertiary/aromatic N) is 1. The van der Waals surface area contributed by atoms with Crippen LogP contribution in [0.15, 0.2) is 24.3 Å². The van der Waals surface area contributed by atoms with Crippen LogP contribution in [0, 0.1) is 0 Å². The fourth-order valence-electron chi connectivity index (χ4n) is 1.69. The topological polar surface area (TPSA) is 32.3 Å². The molecule has 1 amide bonds. The first kappa shape index (κ1) is 15.0. The summed E-state index contributed by atoms with van der Waals surface area (Å²) in [4.78, 5) is 14.1. The zero-order valence-corrected chi connectivity index (χ0v) is 12.4. The van der Waals surface area contributed by atoms with Gasteiger partial charge in [-0.3, -0.25) is 4.79 Å². The minimum absolute atomic E-state index is 0.0161. The molecule has 0 bridgehead atoms. The lowest BCUT2D eigenvalue weighted by Crippen LogP contribution is -2.52. The Kier molecular flexibility index (Phi) is 4.77. The van der Waals surface area contributed by atoms with E-state index in [0.717, 1.165) is 5.56 Å². The van der Waals surface area contributed by atoms with E-state index in [1.807, 2.05) is 52.1 Å². The van der Waals surface area contributed by atoms with E-state index in [-0.39, 0.29) is 11.9 Å². The summed E-state index contributed by atoms with van der Waals surface area (Å²) in [7, 11) is 3.61. The molecule has 0 spiro atoms. The average Bonchev–Trinajstić information content (AvgIpc) is 2.37. The highest BCUT2D eigenvalue weighted by Crippen LogP contribution is 2.22. The highest BCUT2D eigenvalue weighted by atomic mass is 35.5. The summed E-state index contributed by atoms with van der Waals surface area (Å²) in [5.41, 5.74) is 0.511. The number of carbonyl (C=O) groups is 1. The lowest BCUT2D eigenvalue weighted by molar-refractivity contribution is -0.137. The standard InChI is InChI=1S/C14H21ClN2O/c1-10(11-6-8-12(15)9-7-11)17(5)13(18)14(2,3)16-4/h6-10,16H,1-5H3. The van der Waals surface area contributed by atoms with E-state index >= 15 is 0 Å². The van der Waals surface area contributed by atoms with Crippen molar-refractivity contribution in [1.82, 2.24) is 10.2 Å². The van der Waals surface area contributed by atoms with Gasteiger partial charge in [0, 0.05) is 12.1 Å². The molecule has 0 aliphatic rings. The third kappa shape index (κ3) is 3.24. The van der Waals surface area contributed by atoms with Gasteiger partial charge < -0.3 is 10.2 Å². The van der Waals surface area contributed by atoms with E-state index in [9.17, 15) is 4.79 Å². The van der Waals surface area contributed by atoms with Crippen molar-refractivity contribution in [3.05, 3.63) is 34.9 Å². The van der Waals surface area contributed by atoms with Gasteiger partial charge in [-0.25, -0.2) is 0 Å². The Morgan fingerprint density at radius 1 is 1.33 bits per heavy atom. The van der Waals surface area contributed by atoms with Crippen LogP contribution in [0.1, 0.15) is 32.4 Å². The number of hydrogen-bond acceptors (Lipinski definition) is 2. The summed E-state index contributed by atoms with van der Waals surface area (Å²) in [6.45, 7) is 5.76. The average molecular weight is 269 g/mol. The van der Waals surface area contributed by atoms with E-state index in [1.165, 1.54) is 0 Å². The van der Waals surface area contributed by atoms with Gasteiger partial charge in [0.05, 0.1) is 11.6 Å². The summed E-state index contributed by atoms with van der Waals surface area (Å²) in [6.07, 6.45) is 0. The zero-order valence-electron chi connectivity index (χ0n) is 11.6. The molecular weight excluding hydrogens is 248 g/mol. The van der Waals surface area contributed by atoms with Crippen LogP contribution in [0.3, 0.4) is 0 Å². The lowest BCUT2D eigenvalue weighted by atomic mass is 10.0. The normalized spacial score (nSPS) is 13.2. The smallest absolute Gasteiger partial charge is 0.242 e. The van der Waals surface area contributed by atoms with E-state index in [1.54, 1.807) is 11.9 Å². The fourth-order valence-corrected chi connectivity index (χ4v) is 1.81. The van der Waals surface area contributed by atoms with Crippen LogP contribution < -0.4 is 5.32 Å². The number of carbonyl (C=O) groups excluding carboxylic acids is 1. The predicted molar refractivity (Wildman–Crippen MR) is 75.8 cm³/mol. The van der Waals surface area contributed by atoms with Gasteiger partial charge in [-0.1, -0.05) is 23.7 Å². The van der Waals surface area contributed by atoms with Crippen molar-refractivity contribution in [2.24, 2.45) is 0 Å². The molecule has 1 aromatic rings. The number of amides is 1. The van der Waals surface area contributed by atoms with Gasteiger partial charge in [-0.05, 0) is 45.5 Å². The van der Waals surface area contributed by atoms with Crippen molar-refractivity contribution in [3.8, 4) is 0 Å². The highest BCUT2D eigenvalue weighted by Gasteiger charge is 2.30. The predicted octanol–water partition coefficient (Wildman–Crippen LogP) is 2.86. The first-order chi connectivity index (χ1) is 8.29. The number of halogens is 1. The van der Waals surface area contributed by atoms with Crippen LogP contribution in [-0.2, 0) is 4.79 Å². The van der Waals surface area contributed by atoms with Crippen molar-refractivity contribution in [3.63, 3.8) is 0 Å². The van der Waals surface area contributed by atoms with Crippen molar-refractivity contribution in [2.75, 3.05) is 14.1 Å². The first-order valence-corrected chi connectivity index (χ1v) is 6.39. The first-order valence-electron chi connectivity index (χ1n) is 6.01. The summed E-state index contributed by atoms with van der Waals surface area (Å²) in [6, 6.07) is 7.60. The number of nitrogens with one attached hydrogen (secondary N) is 1. The van der Waals surface area contributed by atoms with E-state index in [2.05, 4.69) is 5.32 Å². The Labute approximate surface area is 114 Å². The van der Waals surface area contributed by atoms with Gasteiger partial charge in [-0.15, -0.1) is 0 Å². The Bertz CT molecular complexity index is 414. The van der Waals surface area contributed by atoms with Gasteiger partial charge in [-0.2, -0.15) is 0 Å². The van der Waals surface area contributed by atoms with Gasteiger partial charge in [0.25, 0.3) is 0 Å². The second-order valence-electron chi connectivity index (χ2n) is 5.02. The molecule has 1 aromatic carbocycles. The molecular formula is C14H21ClN2O. The largest absolute Gasteiger partial charge is 0.337 e.